The van der Waals surface area contributed by atoms with Gasteiger partial charge in [-0.3, -0.25) is 4.79 Å². The van der Waals surface area contributed by atoms with E-state index >= 15 is 0 Å². The third kappa shape index (κ3) is 3.51. The van der Waals surface area contributed by atoms with E-state index in [1.165, 1.54) is 0 Å². The highest BCUT2D eigenvalue weighted by atomic mass is 35.5. The van der Waals surface area contributed by atoms with Crippen LogP contribution in [0.2, 0.25) is 5.02 Å². The Morgan fingerprint density at radius 3 is 2.81 bits per heavy atom. The van der Waals surface area contributed by atoms with Gasteiger partial charge < -0.3 is 10.1 Å². The molecule has 6 nitrogen and oxygen atoms in total. The van der Waals surface area contributed by atoms with Crippen LogP contribution in [0.3, 0.4) is 0 Å². The number of fused-ring (bicyclic) bond motifs is 1. The van der Waals surface area contributed by atoms with E-state index in [1.54, 1.807) is 11.6 Å². The molecule has 0 fully saturated rings. The summed E-state index contributed by atoms with van der Waals surface area (Å²) in [6.45, 7) is 5.71. The maximum atomic E-state index is 12.7. The van der Waals surface area contributed by atoms with Gasteiger partial charge in [-0.25, -0.2) is 9.50 Å². The Morgan fingerprint density at radius 1 is 1.35 bits per heavy atom. The van der Waals surface area contributed by atoms with Gasteiger partial charge in [-0.05, 0) is 44.9 Å². The SMILES string of the molecule is COc1ccccc1CC(C)NC(=O)c1nn2c(C)cc(C)nc2c1Cl. The van der Waals surface area contributed by atoms with E-state index in [2.05, 4.69) is 15.4 Å². The van der Waals surface area contributed by atoms with Crippen LogP contribution in [0.25, 0.3) is 5.65 Å². The summed E-state index contributed by atoms with van der Waals surface area (Å²) in [4.78, 5) is 17.0. The number of carbonyl (C=O) groups excluding carboxylic acids is 1. The minimum Gasteiger partial charge on any atom is -0.496 e. The third-order valence-corrected chi connectivity index (χ3v) is 4.50. The summed E-state index contributed by atoms with van der Waals surface area (Å²) < 4.78 is 6.95. The van der Waals surface area contributed by atoms with Crippen molar-refractivity contribution >= 4 is 23.2 Å². The van der Waals surface area contributed by atoms with Crippen molar-refractivity contribution in [1.82, 2.24) is 19.9 Å². The standard InChI is InChI=1S/C19H21ClN4O2/c1-11-9-13(3)24-18(21-11)16(20)17(23-24)19(25)22-12(2)10-14-7-5-6-8-15(14)26-4/h5-9,12H,10H2,1-4H3,(H,22,25). The monoisotopic (exact) mass is 372 g/mol. The maximum Gasteiger partial charge on any atom is 0.273 e. The van der Waals surface area contributed by atoms with Crippen LogP contribution in [-0.2, 0) is 6.42 Å². The summed E-state index contributed by atoms with van der Waals surface area (Å²) >= 11 is 6.36. The summed E-state index contributed by atoms with van der Waals surface area (Å²) in [5.74, 6) is 0.481. The van der Waals surface area contributed by atoms with Gasteiger partial charge in [0.15, 0.2) is 11.3 Å². The highest BCUT2D eigenvalue weighted by Gasteiger charge is 2.21. The summed E-state index contributed by atoms with van der Waals surface area (Å²) in [5, 5.41) is 7.54. The number of carbonyl (C=O) groups is 1. The average molecular weight is 373 g/mol. The first kappa shape index (κ1) is 18.2. The average Bonchev–Trinajstić information content (AvgIpc) is 2.92. The lowest BCUT2D eigenvalue weighted by atomic mass is 10.1. The number of halogens is 1. The van der Waals surface area contributed by atoms with Crippen LogP contribution in [0, 0.1) is 13.8 Å². The summed E-state index contributed by atoms with van der Waals surface area (Å²) in [5.41, 5.74) is 3.40. The zero-order valence-electron chi connectivity index (χ0n) is 15.2. The number of ether oxygens (including phenoxy) is 1. The van der Waals surface area contributed by atoms with Gasteiger partial charge >= 0.3 is 0 Å². The van der Waals surface area contributed by atoms with E-state index in [-0.39, 0.29) is 22.7 Å². The number of hydrogen-bond acceptors (Lipinski definition) is 4. The fourth-order valence-electron chi connectivity index (χ4n) is 2.98. The van der Waals surface area contributed by atoms with Gasteiger partial charge in [0, 0.05) is 17.4 Å². The van der Waals surface area contributed by atoms with Crippen LogP contribution in [0.5, 0.6) is 5.75 Å². The normalized spacial score (nSPS) is 12.2. The predicted octanol–water partition coefficient (Wildman–Crippen LogP) is 3.37. The third-order valence-electron chi connectivity index (χ3n) is 4.15. The van der Waals surface area contributed by atoms with E-state index in [4.69, 9.17) is 16.3 Å². The van der Waals surface area contributed by atoms with Crippen molar-refractivity contribution in [1.29, 1.82) is 0 Å². The molecule has 0 saturated carbocycles. The molecule has 0 saturated heterocycles. The molecule has 1 amide bonds. The van der Waals surface area contributed by atoms with Gasteiger partial charge in [0.25, 0.3) is 5.91 Å². The molecule has 26 heavy (non-hydrogen) atoms. The van der Waals surface area contributed by atoms with Crippen LogP contribution in [0.15, 0.2) is 30.3 Å². The van der Waals surface area contributed by atoms with Crippen LogP contribution < -0.4 is 10.1 Å². The number of aryl methyl sites for hydroxylation is 2. The lowest BCUT2D eigenvalue weighted by Gasteiger charge is -2.15. The second kappa shape index (κ2) is 7.33. The second-order valence-electron chi connectivity index (χ2n) is 6.33. The minimum absolute atomic E-state index is 0.115. The van der Waals surface area contributed by atoms with Gasteiger partial charge in [0.1, 0.15) is 10.8 Å². The van der Waals surface area contributed by atoms with Crippen molar-refractivity contribution in [2.45, 2.75) is 33.2 Å². The molecular weight excluding hydrogens is 352 g/mol. The Kier molecular flexibility index (Phi) is 5.13. The zero-order valence-corrected chi connectivity index (χ0v) is 16.0. The topological polar surface area (TPSA) is 68.5 Å². The Labute approximate surface area is 157 Å². The van der Waals surface area contributed by atoms with E-state index < -0.39 is 0 Å². The number of amides is 1. The molecule has 0 aliphatic rings. The molecule has 1 aromatic carbocycles. The number of methoxy groups -OCH3 is 1. The highest BCUT2D eigenvalue weighted by molar-refractivity contribution is 6.36. The molecule has 1 N–H and O–H groups in total. The lowest BCUT2D eigenvalue weighted by Crippen LogP contribution is -2.34. The van der Waals surface area contributed by atoms with Crippen molar-refractivity contribution in [2.24, 2.45) is 0 Å². The lowest BCUT2D eigenvalue weighted by molar-refractivity contribution is 0.0934. The Hall–Kier alpha value is -2.60. The molecule has 0 aliphatic carbocycles. The van der Waals surface area contributed by atoms with Gasteiger partial charge in [0.2, 0.25) is 0 Å². The number of benzene rings is 1. The van der Waals surface area contributed by atoms with Gasteiger partial charge in [-0.1, -0.05) is 29.8 Å². The molecule has 0 bridgehead atoms. The Balaban J connectivity index is 1.81. The maximum absolute atomic E-state index is 12.7. The number of hydrogen-bond donors (Lipinski definition) is 1. The van der Waals surface area contributed by atoms with Crippen LogP contribution in [-0.4, -0.2) is 33.7 Å². The van der Waals surface area contributed by atoms with E-state index in [9.17, 15) is 4.79 Å². The summed E-state index contributed by atoms with van der Waals surface area (Å²) in [6, 6.07) is 9.52. The number of nitrogens with one attached hydrogen (secondary N) is 1. The molecule has 3 rings (SSSR count). The second-order valence-corrected chi connectivity index (χ2v) is 6.71. The molecule has 0 spiro atoms. The summed E-state index contributed by atoms with van der Waals surface area (Å²) in [7, 11) is 1.63. The van der Waals surface area contributed by atoms with Crippen molar-refractivity contribution in [3.05, 3.63) is 58.0 Å². The molecule has 2 aromatic heterocycles. The molecule has 1 unspecified atom stereocenters. The molecule has 2 heterocycles. The predicted molar refractivity (Wildman–Crippen MR) is 101 cm³/mol. The largest absolute Gasteiger partial charge is 0.496 e. The van der Waals surface area contributed by atoms with Gasteiger partial charge in [-0.2, -0.15) is 5.10 Å². The highest BCUT2D eigenvalue weighted by Crippen LogP contribution is 2.23. The molecule has 7 heteroatoms. The van der Waals surface area contributed by atoms with Crippen LogP contribution in [0.4, 0.5) is 0 Å². The van der Waals surface area contributed by atoms with Crippen molar-refractivity contribution < 1.29 is 9.53 Å². The number of rotatable bonds is 5. The molecular formula is C19H21ClN4O2. The molecule has 0 radical (unpaired) electrons. The first-order valence-electron chi connectivity index (χ1n) is 8.36. The Morgan fingerprint density at radius 2 is 2.08 bits per heavy atom. The quantitative estimate of drug-likeness (QED) is 0.745. The smallest absolute Gasteiger partial charge is 0.273 e. The first-order chi connectivity index (χ1) is 12.4. The van der Waals surface area contributed by atoms with Crippen LogP contribution >= 0.6 is 11.6 Å². The fraction of sp³-hybridized carbons (Fsp3) is 0.316. The van der Waals surface area contributed by atoms with Crippen molar-refractivity contribution in [3.63, 3.8) is 0 Å². The number of aromatic nitrogens is 3. The summed E-state index contributed by atoms with van der Waals surface area (Å²) in [6.07, 6.45) is 0.636. The van der Waals surface area contributed by atoms with E-state index in [0.717, 1.165) is 22.7 Å². The number of nitrogens with zero attached hydrogens (tertiary/aromatic N) is 3. The van der Waals surface area contributed by atoms with Crippen LogP contribution in [0.1, 0.15) is 34.4 Å². The molecule has 0 aliphatic heterocycles. The Bertz CT molecular complexity index is 968. The van der Waals surface area contributed by atoms with Crippen molar-refractivity contribution in [3.8, 4) is 5.75 Å². The number of para-hydroxylation sites is 1. The zero-order chi connectivity index (χ0) is 18.8. The van der Waals surface area contributed by atoms with E-state index in [1.807, 2.05) is 51.1 Å². The molecule has 3 aromatic rings. The van der Waals surface area contributed by atoms with Gasteiger partial charge in [-0.15, -0.1) is 0 Å². The van der Waals surface area contributed by atoms with Crippen molar-refractivity contribution in [2.75, 3.05) is 7.11 Å². The van der Waals surface area contributed by atoms with Gasteiger partial charge in [0.05, 0.1) is 7.11 Å². The fourth-order valence-corrected chi connectivity index (χ4v) is 3.23. The van der Waals surface area contributed by atoms with E-state index in [0.29, 0.717) is 12.1 Å². The minimum atomic E-state index is -0.319. The molecule has 1 atom stereocenters. The first-order valence-corrected chi connectivity index (χ1v) is 8.73. The molecule has 136 valence electrons.